The van der Waals surface area contributed by atoms with Crippen LogP contribution in [0.4, 0.5) is 0 Å². The van der Waals surface area contributed by atoms with Crippen molar-refractivity contribution in [3.05, 3.63) is 67.0 Å². The molecule has 27 heavy (non-hydrogen) atoms. The predicted molar refractivity (Wildman–Crippen MR) is 106 cm³/mol. The van der Waals surface area contributed by atoms with E-state index in [0.717, 1.165) is 9.99 Å². The lowest BCUT2D eigenvalue weighted by Gasteiger charge is -2.07. The summed E-state index contributed by atoms with van der Waals surface area (Å²) in [5.74, 6) is 0.993. The zero-order valence-corrected chi connectivity index (χ0v) is 16.4. The Morgan fingerprint density at radius 3 is 2.85 bits per heavy atom. The molecule has 4 heterocycles. The van der Waals surface area contributed by atoms with E-state index >= 15 is 0 Å². The summed E-state index contributed by atoms with van der Waals surface area (Å²) in [4.78, 5) is 29.7. The third-order valence-corrected chi connectivity index (χ3v) is 5.88. The molecular formula is C17H11BrN6O2S. The zero-order chi connectivity index (χ0) is 18.7. The first-order valence-corrected chi connectivity index (χ1v) is 9.67. The summed E-state index contributed by atoms with van der Waals surface area (Å²) < 4.78 is 6.21. The highest BCUT2D eigenvalue weighted by atomic mass is 79.9. The predicted octanol–water partition coefficient (Wildman–Crippen LogP) is 2.16. The van der Waals surface area contributed by atoms with Gasteiger partial charge in [0.1, 0.15) is 4.70 Å². The van der Waals surface area contributed by atoms with E-state index in [1.807, 2.05) is 21.9 Å². The number of aromatic nitrogens is 6. The molecule has 8 nitrogen and oxygen atoms in total. The van der Waals surface area contributed by atoms with Crippen molar-refractivity contribution in [1.29, 1.82) is 0 Å². The van der Waals surface area contributed by atoms with Gasteiger partial charge in [-0.2, -0.15) is 0 Å². The van der Waals surface area contributed by atoms with Gasteiger partial charge in [-0.25, -0.2) is 4.98 Å². The van der Waals surface area contributed by atoms with Crippen LogP contribution in [0.3, 0.4) is 0 Å². The van der Waals surface area contributed by atoms with Crippen LogP contribution >= 0.6 is 27.3 Å². The molecule has 0 aliphatic heterocycles. The van der Waals surface area contributed by atoms with E-state index in [4.69, 9.17) is 0 Å². The molecule has 134 valence electrons. The highest BCUT2D eigenvalue weighted by Gasteiger charge is 2.16. The average molecular weight is 443 g/mol. The van der Waals surface area contributed by atoms with Gasteiger partial charge in [0.05, 0.1) is 29.3 Å². The Morgan fingerprint density at radius 1 is 1.15 bits per heavy atom. The van der Waals surface area contributed by atoms with E-state index < -0.39 is 0 Å². The van der Waals surface area contributed by atoms with Crippen molar-refractivity contribution in [3.63, 3.8) is 0 Å². The van der Waals surface area contributed by atoms with Crippen molar-refractivity contribution in [1.82, 2.24) is 28.7 Å². The van der Waals surface area contributed by atoms with E-state index in [-0.39, 0.29) is 17.7 Å². The topological polar surface area (TPSA) is 87.1 Å². The Balaban J connectivity index is 1.74. The maximum Gasteiger partial charge on any atom is 0.272 e. The van der Waals surface area contributed by atoms with Crippen LogP contribution in [0.15, 0.2) is 50.0 Å². The molecular weight excluding hydrogens is 432 g/mol. The molecule has 0 aliphatic rings. The molecule has 0 saturated carbocycles. The first-order valence-electron chi connectivity index (χ1n) is 7.99. The number of halogens is 1. The second-order valence-electron chi connectivity index (χ2n) is 6.09. The van der Waals surface area contributed by atoms with E-state index in [2.05, 4.69) is 31.1 Å². The minimum absolute atomic E-state index is 0.110. The SMILES string of the molecule is Cn1c(=O)c2sccc2n2c(Cn3cnc4ccc(Br)cc4c3=O)nnc12. The molecule has 10 heteroatoms. The second kappa shape index (κ2) is 5.83. The van der Waals surface area contributed by atoms with Gasteiger partial charge in [-0.1, -0.05) is 15.9 Å². The maximum atomic E-state index is 12.9. The molecule has 0 radical (unpaired) electrons. The lowest BCUT2D eigenvalue weighted by molar-refractivity contribution is 0.701. The quantitative estimate of drug-likeness (QED) is 0.418. The van der Waals surface area contributed by atoms with Gasteiger partial charge in [0.25, 0.3) is 11.1 Å². The van der Waals surface area contributed by atoms with Crippen molar-refractivity contribution in [3.8, 4) is 0 Å². The lowest BCUT2D eigenvalue weighted by atomic mass is 10.2. The van der Waals surface area contributed by atoms with Crippen LogP contribution in [0.25, 0.3) is 26.9 Å². The van der Waals surface area contributed by atoms with Crippen LogP contribution in [-0.4, -0.2) is 28.7 Å². The van der Waals surface area contributed by atoms with Gasteiger partial charge in [-0.3, -0.25) is 23.1 Å². The van der Waals surface area contributed by atoms with Gasteiger partial charge >= 0.3 is 0 Å². The normalized spacial score (nSPS) is 11.8. The summed E-state index contributed by atoms with van der Waals surface area (Å²) >= 11 is 4.76. The summed E-state index contributed by atoms with van der Waals surface area (Å²) in [5, 5.41) is 10.8. The molecule has 0 unspecified atom stereocenters. The van der Waals surface area contributed by atoms with Crippen LogP contribution in [0.5, 0.6) is 0 Å². The number of thiophene rings is 1. The lowest BCUT2D eigenvalue weighted by Crippen LogP contribution is -2.23. The number of hydrogen-bond donors (Lipinski definition) is 0. The Labute approximate surface area is 163 Å². The highest BCUT2D eigenvalue weighted by Crippen LogP contribution is 2.20. The van der Waals surface area contributed by atoms with Crippen molar-refractivity contribution < 1.29 is 0 Å². The van der Waals surface area contributed by atoms with Crippen LogP contribution in [0.2, 0.25) is 0 Å². The van der Waals surface area contributed by atoms with E-state index in [9.17, 15) is 9.59 Å². The number of aryl methyl sites for hydroxylation is 1. The average Bonchev–Trinajstić information content (AvgIpc) is 3.29. The summed E-state index contributed by atoms with van der Waals surface area (Å²) in [6, 6.07) is 7.25. The van der Waals surface area contributed by atoms with E-state index in [0.29, 0.717) is 27.2 Å². The molecule has 1 aromatic carbocycles. The van der Waals surface area contributed by atoms with Crippen molar-refractivity contribution in [2.24, 2.45) is 7.05 Å². The molecule has 0 amide bonds. The standard InChI is InChI=1S/C17H11BrN6O2S/c1-22-16(26)14-12(4-5-27-14)24-13(20-21-17(22)24)7-23-8-19-11-3-2-9(18)6-10(11)15(23)25/h2-6,8H,7H2,1H3. The molecule has 4 aromatic heterocycles. The Hall–Kier alpha value is -2.85. The third kappa shape index (κ3) is 2.37. The molecule has 0 aliphatic carbocycles. The minimum Gasteiger partial charge on any atom is -0.291 e. The van der Waals surface area contributed by atoms with Crippen LogP contribution in [0.1, 0.15) is 5.82 Å². The molecule has 0 spiro atoms. The molecule has 0 fully saturated rings. The van der Waals surface area contributed by atoms with Crippen LogP contribution in [-0.2, 0) is 13.6 Å². The monoisotopic (exact) mass is 442 g/mol. The third-order valence-electron chi connectivity index (χ3n) is 4.50. The van der Waals surface area contributed by atoms with E-state index in [1.54, 1.807) is 19.2 Å². The van der Waals surface area contributed by atoms with Gasteiger partial charge in [-0.15, -0.1) is 21.5 Å². The number of fused-ring (bicyclic) bond motifs is 4. The molecule has 0 N–H and O–H groups in total. The maximum absolute atomic E-state index is 12.9. The van der Waals surface area contributed by atoms with Crippen LogP contribution in [0, 0.1) is 0 Å². The van der Waals surface area contributed by atoms with Gasteiger partial charge in [0, 0.05) is 11.5 Å². The van der Waals surface area contributed by atoms with Crippen molar-refractivity contribution in [2.45, 2.75) is 6.54 Å². The second-order valence-corrected chi connectivity index (χ2v) is 7.92. The number of nitrogens with zero attached hydrogens (tertiary/aromatic N) is 6. The molecule has 0 bridgehead atoms. The summed E-state index contributed by atoms with van der Waals surface area (Å²) in [6.45, 7) is 0.193. The zero-order valence-electron chi connectivity index (χ0n) is 14.0. The largest absolute Gasteiger partial charge is 0.291 e. The number of rotatable bonds is 2. The Bertz CT molecular complexity index is 1480. The smallest absolute Gasteiger partial charge is 0.272 e. The fourth-order valence-electron chi connectivity index (χ4n) is 3.15. The van der Waals surface area contributed by atoms with Crippen LogP contribution < -0.4 is 11.1 Å². The molecule has 5 aromatic rings. The van der Waals surface area contributed by atoms with E-state index in [1.165, 1.54) is 26.8 Å². The molecule has 5 rings (SSSR count). The number of benzene rings is 1. The van der Waals surface area contributed by atoms with Gasteiger partial charge < -0.3 is 0 Å². The van der Waals surface area contributed by atoms with Crippen molar-refractivity contribution in [2.75, 3.05) is 0 Å². The summed E-state index contributed by atoms with van der Waals surface area (Å²) in [7, 11) is 1.66. The fourth-order valence-corrected chi connectivity index (χ4v) is 4.36. The number of hydrogen-bond acceptors (Lipinski definition) is 6. The summed E-state index contributed by atoms with van der Waals surface area (Å²) in [5.41, 5.74) is 1.10. The first-order chi connectivity index (χ1) is 13.0. The first kappa shape index (κ1) is 16.3. The van der Waals surface area contributed by atoms with Crippen molar-refractivity contribution >= 4 is 54.2 Å². The van der Waals surface area contributed by atoms with Gasteiger partial charge in [-0.05, 0) is 29.6 Å². The Morgan fingerprint density at radius 2 is 2.00 bits per heavy atom. The molecule has 0 saturated heterocycles. The Kier molecular flexibility index (Phi) is 3.52. The van der Waals surface area contributed by atoms with Gasteiger partial charge in [0.15, 0.2) is 5.82 Å². The molecule has 0 atom stereocenters. The van der Waals surface area contributed by atoms with Gasteiger partial charge in [0.2, 0.25) is 5.78 Å². The minimum atomic E-state index is -0.163. The summed E-state index contributed by atoms with van der Waals surface area (Å²) in [6.07, 6.45) is 1.51. The highest BCUT2D eigenvalue weighted by molar-refractivity contribution is 9.10. The fraction of sp³-hybridized carbons (Fsp3) is 0.118.